The molecule has 1 saturated carbocycles. The van der Waals surface area contributed by atoms with Gasteiger partial charge in [0.05, 0.1) is 12.7 Å². The molecule has 3 heteroatoms. The average molecular weight is 290 g/mol. The molecule has 3 rings (SSSR count). The van der Waals surface area contributed by atoms with Crippen molar-refractivity contribution in [2.24, 2.45) is 11.3 Å². The number of aliphatic hydroxyl groups excluding tert-OH is 1. The van der Waals surface area contributed by atoms with Crippen LogP contribution in [-0.4, -0.2) is 24.9 Å². The molecule has 1 heterocycles. The van der Waals surface area contributed by atoms with Crippen LogP contribution in [0.5, 0.6) is 5.75 Å². The van der Waals surface area contributed by atoms with Gasteiger partial charge in [-0.3, -0.25) is 0 Å². The third-order valence-corrected chi connectivity index (χ3v) is 5.37. The van der Waals surface area contributed by atoms with Crippen molar-refractivity contribution in [3.8, 4) is 5.75 Å². The molecule has 0 radical (unpaired) electrons. The highest BCUT2D eigenvalue weighted by Gasteiger charge is 2.43. The summed E-state index contributed by atoms with van der Waals surface area (Å²) in [6.45, 7) is 4.40. The van der Waals surface area contributed by atoms with E-state index < -0.39 is 6.10 Å². The minimum absolute atomic E-state index is 0.443. The highest BCUT2D eigenvalue weighted by molar-refractivity contribution is 5.29. The van der Waals surface area contributed by atoms with E-state index in [1.165, 1.54) is 32.1 Å². The smallest absolute Gasteiger partial charge is 0.119 e. The second kappa shape index (κ2) is 6.37. The first-order chi connectivity index (χ1) is 10.2. The van der Waals surface area contributed by atoms with Gasteiger partial charge in [-0.2, -0.15) is 0 Å². The SMILES string of the molecule is C[C@H](O)c1cccc(OCC2CCCC23CCOCC3)c1. The molecule has 1 unspecified atom stereocenters. The topological polar surface area (TPSA) is 38.7 Å². The summed E-state index contributed by atoms with van der Waals surface area (Å²) in [4.78, 5) is 0. The molecule has 0 amide bonds. The first-order valence-electron chi connectivity index (χ1n) is 8.18. The van der Waals surface area contributed by atoms with Gasteiger partial charge in [0.15, 0.2) is 0 Å². The van der Waals surface area contributed by atoms with Crippen LogP contribution < -0.4 is 4.74 Å². The molecule has 116 valence electrons. The lowest BCUT2D eigenvalue weighted by molar-refractivity contribution is -0.0161. The molecule has 2 fully saturated rings. The Morgan fingerprint density at radius 2 is 2.14 bits per heavy atom. The Labute approximate surface area is 127 Å². The van der Waals surface area contributed by atoms with E-state index in [0.717, 1.165) is 31.1 Å². The predicted molar refractivity (Wildman–Crippen MR) is 82.4 cm³/mol. The fourth-order valence-corrected chi connectivity index (χ4v) is 3.97. The van der Waals surface area contributed by atoms with Crippen LogP contribution in [0, 0.1) is 11.3 Å². The number of rotatable bonds is 4. The summed E-state index contributed by atoms with van der Waals surface area (Å²) in [5.74, 6) is 1.53. The van der Waals surface area contributed by atoms with E-state index in [4.69, 9.17) is 9.47 Å². The Hall–Kier alpha value is -1.06. The van der Waals surface area contributed by atoms with Crippen molar-refractivity contribution in [2.75, 3.05) is 19.8 Å². The van der Waals surface area contributed by atoms with Gasteiger partial charge < -0.3 is 14.6 Å². The summed E-state index contributed by atoms with van der Waals surface area (Å²) in [6.07, 6.45) is 5.86. The van der Waals surface area contributed by atoms with Gasteiger partial charge in [-0.1, -0.05) is 18.6 Å². The molecule has 1 aliphatic heterocycles. The second-order valence-corrected chi connectivity index (χ2v) is 6.62. The summed E-state index contributed by atoms with van der Waals surface area (Å²) >= 11 is 0. The fourth-order valence-electron chi connectivity index (χ4n) is 3.97. The Balaban J connectivity index is 1.63. The maximum atomic E-state index is 9.66. The van der Waals surface area contributed by atoms with Gasteiger partial charge in [0.25, 0.3) is 0 Å². The summed E-state index contributed by atoms with van der Waals surface area (Å²) in [5, 5.41) is 9.66. The van der Waals surface area contributed by atoms with E-state index in [0.29, 0.717) is 11.3 Å². The third kappa shape index (κ3) is 3.24. The van der Waals surface area contributed by atoms with Gasteiger partial charge in [0.1, 0.15) is 5.75 Å². The maximum absolute atomic E-state index is 9.66. The molecule has 1 aromatic rings. The molecular formula is C18H26O3. The van der Waals surface area contributed by atoms with Gasteiger partial charge in [0, 0.05) is 13.2 Å². The monoisotopic (exact) mass is 290 g/mol. The quantitative estimate of drug-likeness (QED) is 0.918. The summed E-state index contributed by atoms with van der Waals surface area (Å²) < 4.78 is 11.6. The molecule has 1 saturated heterocycles. The average Bonchev–Trinajstić information content (AvgIpc) is 2.88. The molecule has 0 aromatic heterocycles. The Kier molecular flexibility index (Phi) is 4.51. The standard InChI is InChI=1S/C18H26O3/c1-14(19)15-4-2-6-17(12-15)21-13-16-5-3-7-18(16)8-10-20-11-9-18/h2,4,6,12,14,16,19H,3,5,7-11,13H2,1H3/t14-,16?/m0/s1. The van der Waals surface area contributed by atoms with Crippen molar-refractivity contribution in [1.29, 1.82) is 0 Å². The molecule has 2 atom stereocenters. The lowest BCUT2D eigenvalue weighted by atomic mass is 9.72. The minimum atomic E-state index is -0.443. The van der Waals surface area contributed by atoms with E-state index >= 15 is 0 Å². The summed E-state index contributed by atoms with van der Waals surface area (Å²) in [6, 6.07) is 7.83. The van der Waals surface area contributed by atoms with Crippen molar-refractivity contribution >= 4 is 0 Å². The maximum Gasteiger partial charge on any atom is 0.119 e. The van der Waals surface area contributed by atoms with Crippen LogP contribution in [0.1, 0.15) is 50.7 Å². The van der Waals surface area contributed by atoms with Crippen molar-refractivity contribution in [3.63, 3.8) is 0 Å². The van der Waals surface area contributed by atoms with E-state index in [2.05, 4.69) is 0 Å². The Morgan fingerprint density at radius 3 is 2.90 bits per heavy atom. The zero-order chi connectivity index (χ0) is 14.7. The van der Waals surface area contributed by atoms with Crippen LogP contribution >= 0.6 is 0 Å². The lowest BCUT2D eigenvalue weighted by Crippen LogP contribution is -2.35. The van der Waals surface area contributed by atoms with Crippen LogP contribution in [-0.2, 0) is 4.74 Å². The van der Waals surface area contributed by atoms with E-state index in [1.807, 2.05) is 24.3 Å². The molecular weight excluding hydrogens is 264 g/mol. The number of hydrogen-bond acceptors (Lipinski definition) is 3. The first kappa shape index (κ1) is 14.9. The summed E-state index contributed by atoms with van der Waals surface area (Å²) in [5.41, 5.74) is 1.37. The van der Waals surface area contributed by atoms with Crippen LogP contribution in [0.15, 0.2) is 24.3 Å². The zero-order valence-electron chi connectivity index (χ0n) is 12.9. The van der Waals surface area contributed by atoms with Crippen molar-refractivity contribution in [3.05, 3.63) is 29.8 Å². The molecule has 3 nitrogen and oxygen atoms in total. The molecule has 0 bridgehead atoms. The van der Waals surface area contributed by atoms with Crippen molar-refractivity contribution < 1.29 is 14.6 Å². The van der Waals surface area contributed by atoms with Crippen LogP contribution in [0.4, 0.5) is 0 Å². The Morgan fingerprint density at radius 1 is 1.33 bits per heavy atom. The largest absolute Gasteiger partial charge is 0.493 e. The zero-order valence-corrected chi connectivity index (χ0v) is 12.9. The molecule has 1 aromatic carbocycles. The molecule has 21 heavy (non-hydrogen) atoms. The number of aliphatic hydroxyl groups is 1. The van der Waals surface area contributed by atoms with Gasteiger partial charge in [0.2, 0.25) is 0 Å². The van der Waals surface area contributed by atoms with E-state index in [1.54, 1.807) is 6.92 Å². The van der Waals surface area contributed by atoms with Crippen molar-refractivity contribution in [1.82, 2.24) is 0 Å². The number of benzene rings is 1. The normalized spacial score (nSPS) is 25.9. The Bertz CT molecular complexity index is 463. The highest BCUT2D eigenvalue weighted by atomic mass is 16.5. The fraction of sp³-hybridized carbons (Fsp3) is 0.667. The lowest BCUT2D eigenvalue weighted by Gasteiger charge is -2.38. The molecule has 1 N–H and O–H groups in total. The number of ether oxygens (including phenoxy) is 2. The van der Waals surface area contributed by atoms with Gasteiger partial charge in [-0.05, 0) is 61.6 Å². The van der Waals surface area contributed by atoms with Crippen molar-refractivity contribution in [2.45, 2.75) is 45.1 Å². The van der Waals surface area contributed by atoms with Crippen LogP contribution in [0.2, 0.25) is 0 Å². The highest BCUT2D eigenvalue weighted by Crippen LogP contribution is 2.50. The molecule has 1 aliphatic carbocycles. The minimum Gasteiger partial charge on any atom is -0.493 e. The van der Waals surface area contributed by atoms with Crippen LogP contribution in [0.3, 0.4) is 0 Å². The molecule has 1 spiro atoms. The third-order valence-electron chi connectivity index (χ3n) is 5.37. The van der Waals surface area contributed by atoms with Gasteiger partial charge >= 0.3 is 0 Å². The van der Waals surface area contributed by atoms with E-state index in [-0.39, 0.29) is 0 Å². The van der Waals surface area contributed by atoms with Gasteiger partial charge in [-0.25, -0.2) is 0 Å². The molecule has 2 aliphatic rings. The van der Waals surface area contributed by atoms with Gasteiger partial charge in [-0.15, -0.1) is 0 Å². The summed E-state index contributed by atoms with van der Waals surface area (Å²) in [7, 11) is 0. The van der Waals surface area contributed by atoms with E-state index in [9.17, 15) is 5.11 Å². The first-order valence-corrected chi connectivity index (χ1v) is 8.18. The predicted octanol–water partition coefficient (Wildman–Crippen LogP) is 3.72. The second-order valence-electron chi connectivity index (χ2n) is 6.62. The number of hydrogen-bond donors (Lipinski definition) is 1. The van der Waals surface area contributed by atoms with Crippen LogP contribution in [0.25, 0.3) is 0 Å².